The molecule has 0 radical (unpaired) electrons. The number of benzene rings is 1. The van der Waals surface area contributed by atoms with E-state index in [0.29, 0.717) is 18.1 Å². The largest absolute Gasteiger partial charge is 0.467 e. The molecule has 26 heavy (non-hydrogen) atoms. The van der Waals surface area contributed by atoms with Crippen LogP contribution in [0.4, 0.5) is 0 Å². The van der Waals surface area contributed by atoms with E-state index in [9.17, 15) is 9.59 Å². The van der Waals surface area contributed by atoms with Crippen LogP contribution in [0.25, 0.3) is 0 Å². The number of likely N-dealkylation sites (N-methyl/N-ethyl adjacent to an activating group) is 1. The van der Waals surface area contributed by atoms with E-state index in [2.05, 4.69) is 38.2 Å². The zero-order valence-corrected chi connectivity index (χ0v) is 16.6. The van der Waals surface area contributed by atoms with E-state index in [1.54, 1.807) is 25.4 Å². The predicted octanol–water partition coefficient (Wildman–Crippen LogP) is 3.44. The van der Waals surface area contributed by atoms with Crippen LogP contribution in [0, 0.1) is 0 Å². The van der Waals surface area contributed by atoms with Gasteiger partial charge in [0.15, 0.2) is 0 Å². The number of carbonyl (C=O) groups excluding carboxylic acids is 2. The van der Waals surface area contributed by atoms with Crippen molar-refractivity contribution in [2.75, 3.05) is 19.3 Å². The van der Waals surface area contributed by atoms with Gasteiger partial charge in [0.2, 0.25) is 11.8 Å². The molecular formula is C20H26N2O3S. The van der Waals surface area contributed by atoms with Crippen LogP contribution in [-0.2, 0) is 21.5 Å². The Morgan fingerprint density at radius 1 is 1.15 bits per heavy atom. The highest BCUT2D eigenvalue weighted by Crippen LogP contribution is 2.25. The third kappa shape index (κ3) is 6.26. The lowest BCUT2D eigenvalue weighted by atomic mass is 9.87. The Kier molecular flexibility index (Phi) is 6.91. The van der Waals surface area contributed by atoms with Gasteiger partial charge < -0.3 is 14.6 Å². The Morgan fingerprint density at radius 2 is 1.85 bits per heavy atom. The van der Waals surface area contributed by atoms with Crippen molar-refractivity contribution < 1.29 is 14.0 Å². The average Bonchev–Trinajstić information content (AvgIpc) is 3.11. The molecule has 1 aromatic heterocycles. The number of rotatable bonds is 7. The Hall–Kier alpha value is -2.21. The number of nitrogens with zero attached hydrogens (tertiary/aromatic N) is 1. The summed E-state index contributed by atoms with van der Waals surface area (Å²) in [5.74, 6) is 0.693. The molecule has 0 unspecified atom stereocenters. The number of thioether (sulfide) groups is 1. The highest BCUT2D eigenvalue weighted by atomic mass is 32.2. The van der Waals surface area contributed by atoms with Gasteiger partial charge in [-0.25, -0.2) is 0 Å². The number of amides is 2. The number of carbonyl (C=O) groups is 2. The highest BCUT2D eigenvalue weighted by molar-refractivity contribution is 8.00. The zero-order valence-electron chi connectivity index (χ0n) is 15.7. The first kappa shape index (κ1) is 20.1. The van der Waals surface area contributed by atoms with E-state index in [4.69, 9.17) is 4.42 Å². The lowest BCUT2D eigenvalue weighted by molar-refractivity contribution is -0.132. The second-order valence-corrected chi connectivity index (χ2v) is 8.22. The van der Waals surface area contributed by atoms with Crippen molar-refractivity contribution in [2.45, 2.75) is 37.6 Å². The monoisotopic (exact) mass is 374 g/mol. The summed E-state index contributed by atoms with van der Waals surface area (Å²) in [6.45, 7) is 6.87. The van der Waals surface area contributed by atoms with Gasteiger partial charge in [0, 0.05) is 11.9 Å². The maximum absolute atomic E-state index is 12.2. The standard InChI is InChI=1S/C20H26N2O3S/c1-20(2,3)15-7-9-17(10-8-15)26-14-19(24)22(4)13-18(23)21-12-16-6-5-11-25-16/h5-11H,12-14H2,1-4H3,(H,21,23). The number of hydrogen-bond acceptors (Lipinski definition) is 4. The summed E-state index contributed by atoms with van der Waals surface area (Å²) in [6, 6.07) is 11.8. The van der Waals surface area contributed by atoms with Crippen LogP contribution in [0.3, 0.4) is 0 Å². The average molecular weight is 375 g/mol. The minimum absolute atomic E-state index is 0.0308. The van der Waals surface area contributed by atoms with Crippen molar-refractivity contribution in [3.8, 4) is 0 Å². The van der Waals surface area contributed by atoms with Gasteiger partial charge in [-0.05, 0) is 35.2 Å². The van der Waals surface area contributed by atoms with E-state index < -0.39 is 0 Å². The van der Waals surface area contributed by atoms with Gasteiger partial charge in [0.05, 0.1) is 25.1 Å². The molecule has 0 aliphatic rings. The maximum Gasteiger partial charge on any atom is 0.239 e. The third-order valence-electron chi connectivity index (χ3n) is 3.93. The van der Waals surface area contributed by atoms with E-state index >= 15 is 0 Å². The molecule has 1 heterocycles. The molecule has 2 aromatic rings. The lowest BCUT2D eigenvalue weighted by Crippen LogP contribution is -2.38. The molecule has 0 aliphatic carbocycles. The lowest BCUT2D eigenvalue weighted by Gasteiger charge is -2.19. The van der Waals surface area contributed by atoms with Crippen LogP contribution in [-0.4, -0.2) is 36.1 Å². The second kappa shape index (κ2) is 8.94. The first-order valence-corrected chi connectivity index (χ1v) is 9.50. The summed E-state index contributed by atoms with van der Waals surface area (Å²) in [5, 5.41) is 2.73. The van der Waals surface area contributed by atoms with Gasteiger partial charge >= 0.3 is 0 Å². The first-order valence-electron chi connectivity index (χ1n) is 8.52. The fraction of sp³-hybridized carbons (Fsp3) is 0.400. The molecule has 0 fully saturated rings. The van der Waals surface area contributed by atoms with Gasteiger partial charge in [0.1, 0.15) is 5.76 Å². The van der Waals surface area contributed by atoms with Crippen molar-refractivity contribution in [1.29, 1.82) is 0 Å². The van der Waals surface area contributed by atoms with Crippen molar-refractivity contribution in [2.24, 2.45) is 0 Å². The molecule has 0 bridgehead atoms. The highest BCUT2D eigenvalue weighted by Gasteiger charge is 2.15. The Balaban J connectivity index is 1.75. The molecule has 0 spiro atoms. The molecule has 6 heteroatoms. The molecule has 0 saturated heterocycles. The molecule has 1 N–H and O–H groups in total. The van der Waals surface area contributed by atoms with Crippen LogP contribution in [0.15, 0.2) is 52.0 Å². The summed E-state index contributed by atoms with van der Waals surface area (Å²) in [6.07, 6.45) is 1.56. The van der Waals surface area contributed by atoms with E-state index in [0.717, 1.165) is 4.90 Å². The molecule has 0 saturated carbocycles. The van der Waals surface area contributed by atoms with Gasteiger partial charge in [-0.1, -0.05) is 32.9 Å². The molecule has 140 valence electrons. The van der Waals surface area contributed by atoms with Crippen molar-refractivity contribution in [3.63, 3.8) is 0 Å². The zero-order chi connectivity index (χ0) is 19.2. The maximum atomic E-state index is 12.2. The number of furan rings is 1. The Morgan fingerprint density at radius 3 is 2.42 bits per heavy atom. The molecular weight excluding hydrogens is 348 g/mol. The molecule has 5 nitrogen and oxygen atoms in total. The topological polar surface area (TPSA) is 62.6 Å². The van der Waals surface area contributed by atoms with Crippen LogP contribution in [0.2, 0.25) is 0 Å². The smallest absolute Gasteiger partial charge is 0.239 e. The summed E-state index contributed by atoms with van der Waals surface area (Å²) in [5.41, 5.74) is 1.38. The predicted molar refractivity (Wildman–Crippen MR) is 104 cm³/mol. The summed E-state index contributed by atoms with van der Waals surface area (Å²) in [7, 11) is 1.64. The van der Waals surface area contributed by atoms with Crippen molar-refractivity contribution in [1.82, 2.24) is 10.2 Å². The van der Waals surface area contributed by atoms with E-state index in [1.807, 2.05) is 12.1 Å². The minimum atomic E-state index is -0.211. The third-order valence-corrected chi connectivity index (χ3v) is 4.93. The molecule has 2 amide bonds. The molecule has 0 atom stereocenters. The number of hydrogen-bond donors (Lipinski definition) is 1. The molecule has 0 aliphatic heterocycles. The van der Waals surface area contributed by atoms with Crippen LogP contribution in [0.1, 0.15) is 32.1 Å². The van der Waals surface area contributed by atoms with Crippen LogP contribution < -0.4 is 5.32 Å². The van der Waals surface area contributed by atoms with Gasteiger partial charge in [0.25, 0.3) is 0 Å². The molecule has 1 aromatic carbocycles. The second-order valence-electron chi connectivity index (χ2n) is 7.17. The SMILES string of the molecule is CN(CC(=O)NCc1ccco1)C(=O)CSc1ccc(C(C)(C)C)cc1. The fourth-order valence-corrected chi connectivity index (χ4v) is 3.10. The minimum Gasteiger partial charge on any atom is -0.467 e. The van der Waals surface area contributed by atoms with Crippen molar-refractivity contribution >= 4 is 23.6 Å². The summed E-state index contributed by atoms with van der Waals surface area (Å²) < 4.78 is 5.15. The quantitative estimate of drug-likeness (QED) is 0.754. The normalized spacial score (nSPS) is 11.2. The Bertz CT molecular complexity index is 719. The van der Waals surface area contributed by atoms with Crippen molar-refractivity contribution in [3.05, 3.63) is 54.0 Å². The van der Waals surface area contributed by atoms with Crippen LogP contribution in [0.5, 0.6) is 0 Å². The van der Waals surface area contributed by atoms with Gasteiger partial charge in [-0.3, -0.25) is 9.59 Å². The van der Waals surface area contributed by atoms with E-state index in [1.165, 1.54) is 22.2 Å². The summed E-state index contributed by atoms with van der Waals surface area (Å²) >= 11 is 1.48. The van der Waals surface area contributed by atoms with E-state index in [-0.39, 0.29) is 23.8 Å². The first-order chi connectivity index (χ1) is 12.3. The number of nitrogens with one attached hydrogen (secondary N) is 1. The van der Waals surface area contributed by atoms with Gasteiger partial charge in [-0.2, -0.15) is 0 Å². The summed E-state index contributed by atoms with van der Waals surface area (Å²) in [4.78, 5) is 26.6. The fourth-order valence-electron chi connectivity index (χ4n) is 2.26. The van der Waals surface area contributed by atoms with Gasteiger partial charge in [-0.15, -0.1) is 11.8 Å². The molecule has 2 rings (SSSR count). The van der Waals surface area contributed by atoms with Crippen LogP contribution >= 0.6 is 11.8 Å². The Labute approximate surface area is 159 Å².